The lowest BCUT2D eigenvalue weighted by atomic mass is 9.94. The number of rotatable bonds is 5. The predicted molar refractivity (Wildman–Crippen MR) is 101 cm³/mol. The molecule has 1 N–H and O–H groups in total. The molecule has 2 aromatic rings. The van der Waals surface area contributed by atoms with E-state index in [4.69, 9.17) is 0 Å². The van der Waals surface area contributed by atoms with Crippen molar-refractivity contribution in [3.8, 4) is 0 Å². The Morgan fingerprint density at radius 3 is 2.73 bits per heavy atom. The van der Waals surface area contributed by atoms with E-state index in [2.05, 4.69) is 20.2 Å². The van der Waals surface area contributed by atoms with Crippen molar-refractivity contribution >= 4 is 17.4 Å². The molecular formula is C19H28N6O. The Bertz CT molecular complexity index is 730. The molecule has 7 nitrogen and oxygen atoms in total. The molecule has 0 radical (unpaired) electrons. The molecule has 1 aliphatic heterocycles. The Morgan fingerprint density at radius 2 is 1.92 bits per heavy atom. The van der Waals surface area contributed by atoms with E-state index in [0.29, 0.717) is 13.0 Å². The summed E-state index contributed by atoms with van der Waals surface area (Å²) in [5, 5.41) is 3.31. The van der Waals surface area contributed by atoms with Gasteiger partial charge in [0, 0.05) is 57.6 Å². The standard InChI is InChI=1S/C19H28N6O/c26-19(6-7-21-18-15-22-17-14-20-8-9-25(17)18)24-12-10-23(11-13-24)16-4-2-1-3-5-16/h8-9,14-16,21H,1-7,10-13H2. The topological polar surface area (TPSA) is 65.8 Å². The molecule has 1 saturated carbocycles. The Hall–Kier alpha value is -2.15. The summed E-state index contributed by atoms with van der Waals surface area (Å²) in [5.74, 6) is 1.15. The van der Waals surface area contributed by atoms with Crippen LogP contribution in [0.4, 0.5) is 5.82 Å². The first-order valence-corrected chi connectivity index (χ1v) is 9.84. The molecule has 0 unspecified atom stereocenters. The number of fused-ring (bicyclic) bond motifs is 1. The highest BCUT2D eigenvalue weighted by Gasteiger charge is 2.26. The quantitative estimate of drug-likeness (QED) is 0.888. The molecule has 3 heterocycles. The molecule has 26 heavy (non-hydrogen) atoms. The van der Waals surface area contributed by atoms with Crippen LogP contribution in [-0.2, 0) is 4.79 Å². The average Bonchev–Trinajstić information content (AvgIpc) is 3.12. The molecule has 140 valence electrons. The van der Waals surface area contributed by atoms with Crippen molar-refractivity contribution in [3.05, 3.63) is 24.8 Å². The lowest BCUT2D eigenvalue weighted by Gasteiger charge is -2.40. The van der Waals surface area contributed by atoms with Gasteiger partial charge in [-0.05, 0) is 12.8 Å². The van der Waals surface area contributed by atoms with E-state index in [9.17, 15) is 4.79 Å². The third kappa shape index (κ3) is 3.82. The molecule has 0 aromatic carbocycles. The smallest absolute Gasteiger partial charge is 0.224 e. The molecule has 0 atom stereocenters. The third-order valence-electron chi connectivity index (χ3n) is 5.72. The van der Waals surface area contributed by atoms with Crippen LogP contribution in [0.2, 0.25) is 0 Å². The van der Waals surface area contributed by atoms with Gasteiger partial charge in [0.1, 0.15) is 5.82 Å². The van der Waals surface area contributed by atoms with Crippen LogP contribution < -0.4 is 5.32 Å². The second-order valence-corrected chi connectivity index (χ2v) is 7.33. The maximum Gasteiger partial charge on any atom is 0.224 e. The van der Waals surface area contributed by atoms with Crippen molar-refractivity contribution in [2.75, 3.05) is 38.0 Å². The summed E-state index contributed by atoms with van der Waals surface area (Å²) in [5.41, 5.74) is 0.806. The Labute approximate surface area is 154 Å². The van der Waals surface area contributed by atoms with Crippen LogP contribution in [0.5, 0.6) is 0 Å². The highest BCUT2D eigenvalue weighted by molar-refractivity contribution is 5.76. The molecule has 7 heteroatoms. The lowest BCUT2D eigenvalue weighted by molar-refractivity contribution is -0.133. The number of carbonyl (C=O) groups excluding carboxylic acids is 1. The van der Waals surface area contributed by atoms with Gasteiger partial charge in [0.25, 0.3) is 0 Å². The number of nitrogens with zero attached hydrogens (tertiary/aromatic N) is 5. The SMILES string of the molecule is O=C(CCNc1cnc2cnccn12)N1CCN(C2CCCCC2)CC1. The number of imidazole rings is 1. The highest BCUT2D eigenvalue weighted by atomic mass is 16.2. The Balaban J connectivity index is 1.22. The summed E-state index contributed by atoms with van der Waals surface area (Å²) in [4.78, 5) is 25.5. The van der Waals surface area contributed by atoms with Crippen LogP contribution in [0.1, 0.15) is 38.5 Å². The summed E-state index contributed by atoms with van der Waals surface area (Å²) in [6.45, 7) is 4.43. The van der Waals surface area contributed by atoms with Crippen LogP contribution in [0, 0.1) is 0 Å². The molecule has 1 aliphatic carbocycles. The van der Waals surface area contributed by atoms with Crippen molar-refractivity contribution in [2.45, 2.75) is 44.6 Å². The highest BCUT2D eigenvalue weighted by Crippen LogP contribution is 2.23. The first-order valence-electron chi connectivity index (χ1n) is 9.84. The van der Waals surface area contributed by atoms with Gasteiger partial charge in [-0.25, -0.2) is 4.98 Å². The summed E-state index contributed by atoms with van der Waals surface area (Å²) >= 11 is 0. The summed E-state index contributed by atoms with van der Waals surface area (Å²) in [6, 6.07) is 0.757. The maximum absolute atomic E-state index is 12.5. The second kappa shape index (κ2) is 8.03. The van der Waals surface area contributed by atoms with Crippen molar-refractivity contribution in [1.82, 2.24) is 24.2 Å². The molecular weight excluding hydrogens is 328 g/mol. The van der Waals surface area contributed by atoms with Crippen LogP contribution in [0.3, 0.4) is 0 Å². The van der Waals surface area contributed by atoms with E-state index >= 15 is 0 Å². The number of nitrogens with one attached hydrogen (secondary N) is 1. The van der Waals surface area contributed by atoms with E-state index in [0.717, 1.165) is 43.7 Å². The van der Waals surface area contributed by atoms with Gasteiger partial charge in [-0.2, -0.15) is 0 Å². The second-order valence-electron chi connectivity index (χ2n) is 7.33. The average molecular weight is 356 g/mol. The Morgan fingerprint density at radius 1 is 1.12 bits per heavy atom. The molecule has 2 aliphatic rings. The fourth-order valence-electron chi connectivity index (χ4n) is 4.21. The molecule has 4 rings (SSSR count). The van der Waals surface area contributed by atoms with Crippen molar-refractivity contribution in [3.63, 3.8) is 0 Å². The predicted octanol–water partition coefficient (Wildman–Crippen LogP) is 2.01. The lowest BCUT2D eigenvalue weighted by Crippen LogP contribution is -2.52. The van der Waals surface area contributed by atoms with Gasteiger partial charge in [0.15, 0.2) is 5.65 Å². The van der Waals surface area contributed by atoms with E-state index in [1.807, 2.05) is 15.5 Å². The van der Waals surface area contributed by atoms with Crippen LogP contribution in [-0.4, -0.2) is 68.8 Å². The number of amides is 1. The van der Waals surface area contributed by atoms with Gasteiger partial charge in [0.2, 0.25) is 5.91 Å². The van der Waals surface area contributed by atoms with Gasteiger partial charge in [-0.1, -0.05) is 19.3 Å². The molecule has 0 spiro atoms. The minimum absolute atomic E-state index is 0.247. The largest absolute Gasteiger partial charge is 0.369 e. The van der Waals surface area contributed by atoms with Crippen molar-refractivity contribution in [1.29, 1.82) is 0 Å². The zero-order chi connectivity index (χ0) is 17.8. The van der Waals surface area contributed by atoms with Gasteiger partial charge in [-0.3, -0.25) is 19.1 Å². The van der Waals surface area contributed by atoms with Crippen molar-refractivity contribution < 1.29 is 4.79 Å². The number of aromatic nitrogens is 3. The zero-order valence-electron chi connectivity index (χ0n) is 15.3. The van der Waals surface area contributed by atoms with Crippen LogP contribution in [0.25, 0.3) is 5.65 Å². The van der Waals surface area contributed by atoms with Gasteiger partial charge >= 0.3 is 0 Å². The zero-order valence-corrected chi connectivity index (χ0v) is 15.3. The summed E-state index contributed by atoms with van der Waals surface area (Å²) in [7, 11) is 0. The molecule has 0 bridgehead atoms. The fourth-order valence-corrected chi connectivity index (χ4v) is 4.21. The monoisotopic (exact) mass is 356 g/mol. The fraction of sp³-hybridized carbons (Fsp3) is 0.632. The Kier molecular flexibility index (Phi) is 5.34. The van der Waals surface area contributed by atoms with Gasteiger partial charge in [0.05, 0.1) is 12.4 Å². The maximum atomic E-state index is 12.5. The number of hydrogen-bond acceptors (Lipinski definition) is 5. The minimum atomic E-state index is 0.247. The number of carbonyl (C=O) groups is 1. The van der Waals surface area contributed by atoms with Gasteiger partial charge < -0.3 is 10.2 Å². The first-order chi connectivity index (χ1) is 12.8. The number of hydrogen-bond donors (Lipinski definition) is 1. The summed E-state index contributed by atoms with van der Waals surface area (Å²) < 4.78 is 1.94. The molecule has 1 saturated heterocycles. The summed E-state index contributed by atoms with van der Waals surface area (Å²) in [6.07, 6.45) is 14.4. The minimum Gasteiger partial charge on any atom is -0.369 e. The van der Waals surface area contributed by atoms with Crippen LogP contribution >= 0.6 is 0 Å². The normalized spacial score (nSPS) is 19.8. The van der Waals surface area contributed by atoms with Crippen LogP contribution in [0.15, 0.2) is 24.8 Å². The van der Waals surface area contributed by atoms with E-state index in [1.54, 1.807) is 18.6 Å². The van der Waals surface area contributed by atoms with Crippen molar-refractivity contribution in [2.24, 2.45) is 0 Å². The first kappa shape index (κ1) is 17.3. The van der Waals surface area contributed by atoms with E-state index in [1.165, 1.54) is 32.1 Å². The molecule has 2 fully saturated rings. The third-order valence-corrected chi connectivity index (χ3v) is 5.72. The molecule has 2 aromatic heterocycles. The number of anilines is 1. The van der Waals surface area contributed by atoms with E-state index in [-0.39, 0.29) is 5.91 Å². The van der Waals surface area contributed by atoms with Gasteiger partial charge in [-0.15, -0.1) is 0 Å². The molecule has 1 amide bonds. The van der Waals surface area contributed by atoms with E-state index < -0.39 is 0 Å². The number of piperazine rings is 1.